The molecule has 2 aromatic carbocycles. The molecule has 0 atom stereocenters. The maximum absolute atomic E-state index is 5.80. The first kappa shape index (κ1) is 17.4. The van der Waals surface area contributed by atoms with Gasteiger partial charge in [0.25, 0.3) is 0 Å². The molecular weight excluding hydrogens is 374 g/mol. The lowest BCUT2D eigenvalue weighted by Crippen LogP contribution is -2.31. The van der Waals surface area contributed by atoms with E-state index in [-0.39, 0.29) is 0 Å². The van der Waals surface area contributed by atoms with Crippen LogP contribution in [0.15, 0.2) is 58.1 Å². The number of hydrogen-bond donors (Lipinski definition) is 2. The quantitative estimate of drug-likeness (QED) is 0.446. The van der Waals surface area contributed by atoms with Crippen LogP contribution >= 0.6 is 28.1 Å². The minimum Gasteiger partial charge on any atom is -0.489 e. The summed E-state index contributed by atoms with van der Waals surface area (Å²) in [6.45, 7) is 3.27. The van der Waals surface area contributed by atoms with Crippen molar-refractivity contribution in [3.63, 3.8) is 0 Å². The van der Waals surface area contributed by atoms with E-state index in [2.05, 4.69) is 31.8 Å². The minimum atomic E-state index is 0.506. The summed E-state index contributed by atoms with van der Waals surface area (Å²) in [5.41, 5.74) is 4.81. The Hall–Kier alpha value is -1.92. The van der Waals surface area contributed by atoms with Crippen LogP contribution in [-0.2, 0) is 6.61 Å². The normalized spacial score (nSPS) is 10.5. The smallest absolute Gasteiger partial charge is 0.186 e. The Morgan fingerprint density at radius 3 is 2.78 bits per heavy atom. The van der Waals surface area contributed by atoms with Gasteiger partial charge < -0.3 is 10.1 Å². The SMILES string of the molecule is CCNC(=S)NN=Cc1cccc(OCc2ccc(Br)cc2)c1. The summed E-state index contributed by atoms with van der Waals surface area (Å²) in [4.78, 5) is 0. The largest absolute Gasteiger partial charge is 0.489 e. The maximum Gasteiger partial charge on any atom is 0.186 e. The number of hydrogen-bond acceptors (Lipinski definition) is 3. The molecule has 23 heavy (non-hydrogen) atoms. The summed E-state index contributed by atoms with van der Waals surface area (Å²) in [6, 6.07) is 15.8. The average Bonchev–Trinajstić information content (AvgIpc) is 2.55. The summed E-state index contributed by atoms with van der Waals surface area (Å²) in [7, 11) is 0. The van der Waals surface area contributed by atoms with Crippen molar-refractivity contribution in [1.82, 2.24) is 10.7 Å². The summed E-state index contributed by atoms with van der Waals surface area (Å²) in [5, 5.41) is 7.56. The second kappa shape index (κ2) is 9.27. The summed E-state index contributed by atoms with van der Waals surface area (Å²) >= 11 is 8.46. The molecule has 0 fully saturated rings. The van der Waals surface area contributed by atoms with E-state index in [1.165, 1.54) is 0 Å². The fourth-order valence-electron chi connectivity index (χ4n) is 1.80. The van der Waals surface area contributed by atoms with Gasteiger partial charge in [-0.05, 0) is 54.5 Å². The summed E-state index contributed by atoms with van der Waals surface area (Å²) in [5.74, 6) is 0.797. The van der Waals surface area contributed by atoms with E-state index in [0.29, 0.717) is 11.7 Å². The highest BCUT2D eigenvalue weighted by molar-refractivity contribution is 9.10. The monoisotopic (exact) mass is 391 g/mol. The van der Waals surface area contributed by atoms with Gasteiger partial charge in [0.1, 0.15) is 12.4 Å². The minimum absolute atomic E-state index is 0.506. The molecule has 120 valence electrons. The third-order valence-electron chi connectivity index (χ3n) is 2.89. The zero-order valence-electron chi connectivity index (χ0n) is 12.8. The van der Waals surface area contributed by atoms with Crippen LogP contribution in [0.3, 0.4) is 0 Å². The van der Waals surface area contributed by atoms with Crippen molar-refractivity contribution in [3.8, 4) is 5.75 Å². The van der Waals surface area contributed by atoms with Crippen LogP contribution < -0.4 is 15.5 Å². The van der Waals surface area contributed by atoms with Crippen molar-refractivity contribution in [1.29, 1.82) is 0 Å². The van der Waals surface area contributed by atoms with Crippen molar-refractivity contribution in [2.75, 3.05) is 6.54 Å². The average molecular weight is 392 g/mol. The molecule has 4 nitrogen and oxygen atoms in total. The van der Waals surface area contributed by atoms with Crippen molar-refractivity contribution in [2.24, 2.45) is 5.10 Å². The van der Waals surface area contributed by atoms with Crippen LogP contribution in [-0.4, -0.2) is 17.9 Å². The fourth-order valence-corrected chi connectivity index (χ4v) is 2.26. The zero-order chi connectivity index (χ0) is 16.5. The highest BCUT2D eigenvalue weighted by Gasteiger charge is 1.98. The molecule has 0 saturated carbocycles. The first-order valence-corrected chi connectivity index (χ1v) is 8.41. The van der Waals surface area contributed by atoms with E-state index in [0.717, 1.165) is 27.9 Å². The van der Waals surface area contributed by atoms with Gasteiger partial charge in [0.2, 0.25) is 0 Å². The topological polar surface area (TPSA) is 45.7 Å². The van der Waals surface area contributed by atoms with E-state index in [4.69, 9.17) is 17.0 Å². The second-order valence-corrected chi connectivity index (χ2v) is 6.04. The van der Waals surface area contributed by atoms with Crippen LogP contribution in [0.2, 0.25) is 0 Å². The number of nitrogens with one attached hydrogen (secondary N) is 2. The number of thiocarbonyl (C=S) groups is 1. The molecule has 6 heteroatoms. The summed E-state index contributed by atoms with van der Waals surface area (Å²) < 4.78 is 6.86. The lowest BCUT2D eigenvalue weighted by molar-refractivity contribution is 0.306. The first-order valence-electron chi connectivity index (χ1n) is 7.21. The molecular formula is C17H18BrN3OS. The Labute approximate surface area is 150 Å². The van der Waals surface area contributed by atoms with Crippen molar-refractivity contribution < 1.29 is 4.74 Å². The molecule has 0 amide bonds. The second-order valence-electron chi connectivity index (χ2n) is 4.72. The van der Waals surface area contributed by atoms with Gasteiger partial charge in [0.05, 0.1) is 6.21 Å². The van der Waals surface area contributed by atoms with Crippen molar-refractivity contribution in [3.05, 3.63) is 64.1 Å². The molecule has 0 unspecified atom stereocenters. The molecule has 0 aliphatic rings. The van der Waals surface area contributed by atoms with Gasteiger partial charge in [0, 0.05) is 11.0 Å². The van der Waals surface area contributed by atoms with Gasteiger partial charge in [0.15, 0.2) is 5.11 Å². The van der Waals surface area contributed by atoms with Crippen LogP contribution in [0.25, 0.3) is 0 Å². The maximum atomic E-state index is 5.80. The third kappa shape index (κ3) is 6.38. The Balaban J connectivity index is 1.90. The lowest BCUT2D eigenvalue weighted by atomic mass is 10.2. The molecule has 2 aromatic rings. The van der Waals surface area contributed by atoms with Crippen LogP contribution in [0.4, 0.5) is 0 Å². The van der Waals surface area contributed by atoms with E-state index in [1.807, 2.05) is 55.5 Å². The Morgan fingerprint density at radius 2 is 2.04 bits per heavy atom. The molecule has 0 radical (unpaired) electrons. The number of hydrazone groups is 1. The highest BCUT2D eigenvalue weighted by Crippen LogP contribution is 2.16. The van der Waals surface area contributed by atoms with E-state index in [9.17, 15) is 0 Å². The fraction of sp³-hybridized carbons (Fsp3) is 0.176. The first-order chi connectivity index (χ1) is 11.2. The molecule has 0 bridgehead atoms. The molecule has 0 spiro atoms. The van der Waals surface area contributed by atoms with Crippen molar-refractivity contribution in [2.45, 2.75) is 13.5 Å². The van der Waals surface area contributed by atoms with Gasteiger partial charge in [-0.15, -0.1) is 0 Å². The van der Waals surface area contributed by atoms with Crippen LogP contribution in [0, 0.1) is 0 Å². The molecule has 0 saturated heterocycles. The highest BCUT2D eigenvalue weighted by atomic mass is 79.9. The zero-order valence-corrected chi connectivity index (χ0v) is 15.2. The van der Waals surface area contributed by atoms with Gasteiger partial charge in [-0.2, -0.15) is 5.10 Å². The molecule has 0 aromatic heterocycles. The van der Waals surface area contributed by atoms with Gasteiger partial charge >= 0.3 is 0 Å². The lowest BCUT2D eigenvalue weighted by Gasteiger charge is -2.07. The number of halogens is 1. The van der Waals surface area contributed by atoms with E-state index >= 15 is 0 Å². The number of nitrogens with zero attached hydrogens (tertiary/aromatic N) is 1. The molecule has 2 rings (SSSR count). The predicted molar refractivity (Wildman–Crippen MR) is 102 cm³/mol. The standard InChI is InChI=1S/C17H18BrN3OS/c1-2-19-17(23)21-20-11-14-4-3-5-16(10-14)22-12-13-6-8-15(18)9-7-13/h3-11H,2,12H2,1H3,(H2,19,21,23). The molecule has 0 heterocycles. The van der Waals surface area contributed by atoms with Gasteiger partial charge in [-0.1, -0.05) is 40.2 Å². The number of benzene rings is 2. The molecule has 0 aliphatic carbocycles. The van der Waals surface area contributed by atoms with E-state index < -0.39 is 0 Å². The Bertz CT molecular complexity index is 674. The van der Waals surface area contributed by atoms with Crippen molar-refractivity contribution >= 4 is 39.5 Å². The Morgan fingerprint density at radius 1 is 1.26 bits per heavy atom. The summed E-state index contributed by atoms with van der Waals surface area (Å²) in [6.07, 6.45) is 1.70. The predicted octanol–water partition coefficient (Wildman–Crippen LogP) is 3.85. The molecule has 0 aliphatic heterocycles. The Kier molecular flexibility index (Phi) is 7.03. The van der Waals surface area contributed by atoms with Crippen LogP contribution in [0.5, 0.6) is 5.75 Å². The third-order valence-corrected chi connectivity index (χ3v) is 3.66. The number of ether oxygens (including phenoxy) is 1. The number of rotatable bonds is 6. The van der Waals surface area contributed by atoms with Crippen LogP contribution in [0.1, 0.15) is 18.1 Å². The van der Waals surface area contributed by atoms with E-state index in [1.54, 1.807) is 6.21 Å². The molecule has 2 N–H and O–H groups in total. The van der Waals surface area contributed by atoms with Gasteiger partial charge in [-0.3, -0.25) is 5.43 Å². The van der Waals surface area contributed by atoms with Gasteiger partial charge in [-0.25, -0.2) is 0 Å².